The van der Waals surface area contributed by atoms with E-state index in [4.69, 9.17) is 15.2 Å². The zero-order chi connectivity index (χ0) is 18.4. The van der Waals surface area contributed by atoms with Gasteiger partial charge in [0.1, 0.15) is 11.5 Å². The first-order chi connectivity index (χ1) is 12.7. The predicted octanol–water partition coefficient (Wildman–Crippen LogP) is 3.81. The van der Waals surface area contributed by atoms with Crippen LogP contribution in [-0.4, -0.2) is 24.1 Å². The number of ether oxygens (including phenoxy) is 2. The van der Waals surface area contributed by atoms with Crippen molar-refractivity contribution in [3.05, 3.63) is 53.4 Å². The van der Waals surface area contributed by atoms with Crippen LogP contribution in [0.1, 0.15) is 6.92 Å². The smallest absolute Gasteiger partial charge is 0.262 e. The summed E-state index contributed by atoms with van der Waals surface area (Å²) in [5.41, 5.74) is 10.6. The Balaban J connectivity index is 1.61. The van der Waals surface area contributed by atoms with E-state index in [9.17, 15) is 4.79 Å². The SMILES string of the molecule is CCOc1ccccc1NC(=O)COc1ccc(-c2cscn2)cc1N. The molecule has 0 saturated carbocycles. The molecule has 0 unspecified atom stereocenters. The van der Waals surface area contributed by atoms with Gasteiger partial charge < -0.3 is 20.5 Å². The Bertz CT molecular complexity index is 881. The second-order valence-electron chi connectivity index (χ2n) is 5.39. The van der Waals surface area contributed by atoms with Crippen LogP contribution < -0.4 is 20.5 Å². The molecule has 1 aromatic heterocycles. The van der Waals surface area contributed by atoms with Crippen molar-refractivity contribution in [1.82, 2.24) is 4.98 Å². The Hall–Kier alpha value is -3.06. The molecule has 3 rings (SSSR count). The molecule has 26 heavy (non-hydrogen) atoms. The van der Waals surface area contributed by atoms with Gasteiger partial charge in [0, 0.05) is 10.9 Å². The van der Waals surface area contributed by atoms with Crippen LogP contribution in [0, 0.1) is 0 Å². The lowest BCUT2D eigenvalue weighted by molar-refractivity contribution is -0.118. The number of nitrogen functional groups attached to an aromatic ring is 1. The molecule has 0 atom stereocenters. The number of anilines is 2. The van der Waals surface area contributed by atoms with Crippen molar-refractivity contribution in [3.8, 4) is 22.8 Å². The van der Waals surface area contributed by atoms with E-state index < -0.39 is 0 Å². The fraction of sp³-hybridized carbons (Fsp3) is 0.158. The maximum Gasteiger partial charge on any atom is 0.262 e. The molecular formula is C19H19N3O3S. The minimum atomic E-state index is -0.292. The Morgan fingerprint density at radius 3 is 2.77 bits per heavy atom. The number of nitrogens with zero attached hydrogens (tertiary/aromatic N) is 1. The van der Waals surface area contributed by atoms with Crippen molar-refractivity contribution in [1.29, 1.82) is 0 Å². The molecular weight excluding hydrogens is 350 g/mol. The number of nitrogens with two attached hydrogens (primary N) is 1. The van der Waals surface area contributed by atoms with Gasteiger partial charge in [-0.05, 0) is 37.3 Å². The van der Waals surface area contributed by atoms with Crippen LogP contribution in [0.2, 0.25) is 0 Å². The maximum absolute atomic E-state index is 12.2. The third-order valence-electron chi connectivity index (χ3n) is 3.56. The fourth-order valence-electron chi connectivity index (χ4n) is 2.38. The first-order valence-electron chi connectivity index (χ1n) is 8.10. The van der Waals surface area contributed by atoms with Gasteiger partial charge in [0.2, 0.25) is 0 Å². The fourth-order valence-corrected chi connectivity index (χ4v) is 2.94. The van der Waals surface area contributed by atoms with Gasteiger partial charge in [0.15, 0.2) is 6.61 Å². The number of hydrogen-bond acceptors (Lipinski definition) is 6. The molecule has 0 fully saturated rings. The van der Waals surface area contributed by atoms with Gasteiger partial charge >= 0.3 is 0 Å². The van der Waals surface area contributed by atoms with Crippen molar-refractivity contribution in [2.24, 2.45) is 0 Å². The van der Waals surface area contributed by atoms with Gasteiger partial charge in [-0.15, -0.1) is 11.3 Å². The van der Waals surface area contributed by atoms with Crippen molar-refractivity contribution in [2.75, 3.05) is 24.3 Å². The summed E-state index contributed by atoms with van der Waals surface area (Å²) in [6.45, 7) is 2.26. The molecule has 0 bridgehead atoms. The number of carbonyl (C=O) groups excluding carboxylic acids is 1. The van der Waals surface area contributed by atoms with Crippen molar-refractivity contribution in [3.63, 3.8) is 0 Å². The summed E-state index contributed by atoms with van der Waals surface area (Å²) in [5.74, 6) is 0.785. The molecule has 1 amide bonds. The summed E-state index contributed by atoms with van der Waals surface area (Å²) in [7, 11) is 0. The Kier molecular flexibility index (Phi) is 5.70. The first-order valence-corrected chi connectivity index (χ1v) is 9.04. The van der Waals surface area contributed by atoms with Gasteiger partial charge in [-0.1, -0.05) is 12.1 Å². The highest BCUT2D eigenvalue weighted by atomic mass is 32.1. The zero-order valence-corrected chi connectivity index (χ0v) is 15.1. The van der Waals surface area contributed by atoms with Gasteiger partial charge in [-0.2, -0.15) is 0 Å². The summed E-state index contributed by atoms with van der Waals surface area (Å²) in [6.07, 6.45) is 0. The highest BCUT2D eigenvalue weighted by Crippen LogP contribution is 2.28. The van der Waals surface area contributed by atoms with E-state index in [1.54, 1.807) is 29.8 Å². The minimum Gasteiger partial charge on any atom is -0.492 e. The first kappa shape index (κ1) is 17.8. The van der Waals surface area contributed by atoms with Crippen LogP contribution >= 0.6 is 11.3 Å². The van der Waals surface area contributed by atoms with E-state index >= 15 is 0 Å². The number of aromatic nitrogens is 1. The molecule has 0 saturated heterocycles. The van der Waals surface area contributed by atoms with Crippen molar-refractivity contribution >= 4 is 28.6 Å². The Morgan fingerprint density at radius 1 is 1.19 bits per heavy atom. The van der Waals surface area contributed by atoms with E-state index in [-0.39, 0.29) is 12.5 Å². The number of carbonyl (C=O) groups is 1. The summed E-state index contributed by atoms with van der Waals surface area (Å²) >= 11 is 1.52. The summed E-state index contributed by atoms with van der Waals surface area (Å²) in [4.78, 5) is 16.4. The van der Waals surface area contributed by atoms with Crippen LogP contribution in [-0.2, 0) is 4.79 Å². The van der Waals surface area contributed by atoms with Crippen molar-refractivity contribution < 1.29 is 14.3 Å². The Morgan fingerprint density at radius 2 is 2.04 bits per heavy atom. The van der Waals surface area contributed by atoms with Crippen LogP contribution in [0.3, 0.4) is 0 Å². The minimum absolute atomic E-state index is 0.152. The molecule has 7 heteroatoms. The number of para-hydroxylation sites is 2. The standard InChI is InChI=1S/C19H19N3O3S/c1-2-24-18-6-4-3-5-15(18)22-19(23)10-25-17-8-7-13(9-14(17)20)16-11-26-12-21-16/h3-9,11-12H,2,10,20H2,1H3,(H,22,23). The number of nitrogens with one attached hydrogen (secondary N) is 1. The van der Waals surface area contributed by atoms with Gasteiger partial charge in [0.05, 0.1) is 29.2 Å². The normalized spacial score (nSPS) is 10.3. The molecule has 134 valence electrons. The van der Waals surface area contributed by atoms with Crippen LogP contribution in [0.4, 0.5) is 11.4 Å². The lowest BCUT2D eigenvalue weighted by atomic mass is 10.1. The number of benzene rings is 2. The van der Waals surface area contributed by atoms with E-state index in [1.165, 1.54) is 11.3 Å². The average Bonchev–Trinajstić information content (AvgIpc) is 3.17. The maximum atomic E-state index is 12.2. The zero-order valence-electron chi connectivity index (χ0n) is 14.3. The average molecular weight is 369 g/mol. The monoisotopic (exact) mass is 369 g/mol. The van der Waals surface area contributed by atoms with Gasteiger partial charge in [-0.3, -0.25) is 4.79 Å². The molecule has 6 nitrogen and oxygen atoms in total. The highest BCUT2D eigenvalue weighted by Gasteiger charge is 2.10. The lowest BCUT2D eigenvalue weighted by Crippen LogP contribution is -2.21. The summed E-state index contributed by atoms with van der Waals surface area (Å²) in [6, 6.07) is 12.6. The highest BCUT2D eigenvalue weighted by molar-refractivity contribution is 7.07. The Labute approximate surface area is 155 Å². The molecule has 3 aromatic rings. The molecule has 0 aliphatic carbocycles. The molecule has 0 aliphatic heterocycles. The van der Waals surface area contributed by atoms with Crippen molar-refractivity contribution in [2.45, 2.75) is 6.92 Å². The number of thiazole rings is 1. The van der Waals surface area contributed by atoms with E-state index in [0.29, 0.717) is 29.5 Å². The van der Waals surface area contributed by atoms with Crippen LogP contribution in [0.5, 0.6) is 11.5 Å². The number of amides is 1. The molecule has 1 heterocycles. The van der Waals surface area contributed by atoms with E-state index in [2.05, 4.69) is 10.3 Å². The largest absolute Gasteiger partial charge is 0.492 e. The molecule has 2 aromatic carbocycles. The summed E-state index contributed by atoms with van der Waals surface area (Å²) in [5, 5.41) is 4.72. The van der Waals surface area contributed by atoms with Crippen LogP contribution in [0.15, 0.2) is 53.4 Å². The topological polar surface area (TPSA) is 86.5 Å². The molecule has 0 spiro atoms. The third kappa shape index (κ3) is 4.31. The van der Waals surface area contributed by atoms with Gasteiger partial charge in [-0.25, -0.2) is 4.98 Å². The quantitative estimate of drug-likeness (QED) is 0.619. The molecule has 0 radical (unpaired) electrons. The van der Waals surface area contributed by atoms with Crippen LogP contribution in [0.25, 0.3) is 11.3 Å². The predicted molar refractivity (Wildman–Crippen MR) is 104 cm³/mol. The molecule has 0 aliphatic rings. The lowest BCUT2D eigenvalue weighted by Gasteiger charge is -2.12. The van der Waals surface area contributed by atoms with Gasteiger partial charge in [0.25, 0.3) is 5.91 Å². The summed E-state index contributed by atoms with van der Waals surface area (Å²) < 4.78 is 11.0. The molecule has 3 N–H and O–H groups in total. The second kappa shape index (κ2) is 8.35. The second-order valence-corrected chi connectivity index (χ2v) is 6.11. The van der Waals surface area contributed by atoms with E-state index in [0.717, 1.165) is 11.3 Å². The number of hydrogen-bond donors (Lipinski definition) is 2. The third-order valence-corrected chi connectivity index (χ3v) is 4.14. The van der Waals surface area contributed by atoms with E-state index in [1.807, 2.05) is 30.5 Å². The number of rotatable bonds is 7.